The average Bonchev–Trinajstić information content (AvgIpc) is 2.48. The first-order chi connectivity index (χ1) is 10.3. The van der Waals surface area contributed by atoms with E-state index >= 15 is 4.39 Å². The molecule has 0 aromatic rings. The van der Waals surface area contributed by atoms with E-state index in [0.29, 0.717) is 5.41 Å². The summed E-state index contributed by atoms with van der Waals surface area (Å²) in [5.74, 6) is -0.250. The van der Waals surface area contributed by atoms with Crippen LogP contribution in [0.25, 0.3) is 0 Å². The molecule has 0 aliphatic heterocycles. The van der Waals surface area contributed by atoms with Crippen molar-refractivity contribution in [1.82, 2.24) is 0 Å². The Bertz CT molecular complexity index is 515. The van der Waals surface area contributed by atoms with E-state index < -0.39 is 5.60 Å². The predicted octanol–water partition coefficient (Wildman–Crippen LogP) is 5.08. The van der Waals surface area contributed by atoms with E-state index in [9.17, 15) is 4.79 Å². The van der Waals surface area contributed by atoms with Crippen LogP contribution in [-0.4, -0.2) is 11.6 Å². The third kappa shape index (κ3) is 1.80. The van der Waals surface area contributed by atoms with E-state index in [-0.39, 0.29) is 22.6 Å². The molecule has 122 valence electrons. The van der Waals surface area contributed by atoms with Crippen molar-refractivity contribution in [2.45, 2.75) is 83.7 Å². The molecule has 0 amide bonds. The van der Waals surface area contributed by atoms with Crippen LogP contribution in [0, 0.1) is 16.2 Å². The Morgan fingerprint density at radius 2 is 1.55 bits per heavy atom. The standard InChI is InChI=1S/C19H27FO2/c1-14(21)22-18-9-11-19(12-10-18,15(20)13-18)17-6-3-16(2,4-7-17)5-8-17/h13H,3-12H2,1-2H3. The number of halogens is 1. The van der Waals surface area contributed by atoms with Gasteiger partial charge in [0, 0.05) is 12.3 Å². The number of carbonyl (C=O) groups excluding carboxylic acids is 1. The highest BCUT2D eigenvalue weighted by Gasteiger charge is 2.63. The van der Waals surface area contributed by atoms with Gasteiger partial charge in [0.25, 0.3) is 0 Å². The quantitative estimate of drug-likeness (QED) is 0.665. The van der Waals surface area contributed by atoms with Crippen LogP contribution in [0.3, 0.4) is 0 Å². The molecule has 6 aliphatic rings. The Labute approximate surface area is 132 Å². The number of ether oxygens (including phenoxy) is 1. The van der Waals surface area contributed by atoms with Gasteiger partial charge in [-0.05, 0) is 81.1 Å². The Hall–Kier alpha value is -0.860. The van der Waals surface area contributed by atoms with Gasteiger partial charge < -0.3 is 4.74 Å². The van der Waals surface area contributed by atoms with E-state index in [4.69, 9.17) is 4.74 Å². The van der Waals surface area contributed by atoms with Gasteiger partial charge in [-0.1, -0.05) is 6.92 Å². The first-order valence-corrected chi connectivity index (χ1v) is 8.91. The molecule has 0 aromatic carbocycles. The third-order valence-electron chi connectivity index (χ3n) is 7.78. The molecular weight excluding hydrogens is 279 g/mol. The predicted molar refractivity (Wildman–Crippen MR) is 82.8 cm³/mol. The highest BCUT2D eigenvalue weighted by atomic mass is 19.1. The Morgan fingerprint density at radius 1 is 1.00 bits per heavy atom. The molecule has 0 N–H and O–H groups in total. The van der Waals surface area contributed by atoms with Gasteiger partial charge in [-0.3, -0.25) is 4.79 Å². The minimum Gasteiger partial charge on any atom is -0.455 e. The van der Waals surface area contributed by atoms with Crippen molar-refractivity contribution >= 4 is 5.97 Å². The van der Waals surface area contributed by atoms with Gasteiger partial charge in [-0.15, -0.1) is 0 Å². The molecule has 0 atom stereocenters. The molecule has 22 heavy (non-hydrogen) atoms. The average molecular weight is 306 g/mol. The molecule has 4 fully saturated rings. The van der Waals surface area contributed by atoms with Crippen molar-refractivity contribution in [1.29, 1.82) is 0 Å². The molecule has 6 aliphatic carbocycles. The second-order valence-electron chi connectivity index (χ2n) is 8.82. The summed E-state index contributed by atoms with van der Waals surface area (Å²) >= 11 is 0. The summed E-state index contributed by atoms with van der Waals surface area (Å²) in [5.41, 5.74) is -0.208. The summed E-state index contributed by atoms with van der Waals surface area (Å²) in [6, 6.07) is 0. The van der Waals surface area contributed by atoms with Crippen molar-refractivity contribution in [2.24, 2.45) is 16.2 Å². The van der Waals surface area contributed by atoms with Crippen LogP contribution in [0.1, 0.15) is 78.1 Å². The number of rotatable bonds is 2. The largest absolute Gasteiger partial charge is 0.455 e. The zero-order valence-electron chi connectivity index (χ0n) is 13.8. The van der Waals surface area contributed by atoms with Crippen molar-refractivity contribution in [3.63, 3.8) is 0 Å². The maximum atomic E-state index is 15.2. The number of fused-ring (bicyclic) bond motifs is 5. The molecule has 0 aromatic heterocycles. The number of hydrogen-bond acceptors (Lipinski definition) is 2. The monoisotopic (exact) mass is 306 g/mol. The van der Waals surface area contributed by atoms with E-state index in [1.807, 2.05) is 0 Å². The minimum atomic E-state index is -0.647. The molecule has 0 saturated heterocycles. The van der Waals surface area contributed by atoms with Crippen LogP contribution >= 0.6 is 0 Å². The van der Waals surface area contributed by atoms with E-state index in [1.165, 1.54) is 45.4 Å². The number of esters is 1. The molecule has 0 unspecified atom stereocenters. The fourth-order valence-electron chi connectivity index (χ4n) is 6.14. The number of carbonyl (C=O) groups is 1. The van der Waals surface area contributed by atoms with Gasteiger partial charge in [0.1, 0.15) is 11.4 Å². The maximum absolute atomic E-state index is 15.2. The zero-order valence-corrected chi connectivity index (χ0v) is 13.8. The Balaban J connectivity index is 1.68. The van der Waals surface area contributed by atoms with Gasteiger partial charge in [-0.25, -0.2) is 4.39 Å². The lowest BCUT2D eigenvalue weighted by Crippen LogP contribution is -2.57. The van der Waals surface area contributed by atoms with Gasteiger partial charge in [0.2, 0.25) is 0 Å². The topological polar surface area (TPSA) is 26.3 Å². The van der Waals surface area contributed by atoms with Crippen LogP contribution in [0.15, 0.2) is 11.9 Å². The van der Waals surface area contributed by atoms with Gasteiger partial charge in [0.05, 0.1) is 0 Å². The molecule has 0 radical (unpaired) electrons. The van der Waals surface area contributed by atoms with Crippen molar-refractivity contribution in [3.05, 3.63) is 11.9 Å². The van der Waals surface area contributed by atoms with Gasteiger partial charge in [0.15, 0.2) is 0 Å². The molecule has 0 heterocycles. The van der Waals surface area contributed by atoms with E-state index in [1.54, 1.807) is 6.08 Å². The number of allylic oxidation sites excluding steroid dienone is 1. The lowest BCUT2D eigenvalue weighted by molar-refractivity contribution is -0.170. The van der Waals surface area contributed by atoms with E-state index in [0.717, 1.165) is 25.7 Å². The fraction of sp³-hybridized carbons (Fsp3) is 0.842. The lowest BCUT2D eigenvalue weighted by atomic mass is 9.41. The second-order valence-corrected chi connectivity index (χ2v) is 8.82. The molecule has 4 bridgehead atoms. The minimum absolute atomic E-state index is 0.0387. The summed E-state index contributed by atoms with van der Waals surface area (Å²) < 4.78 is 20.7. The third-order valence-corrected chi connectivity index (χ3v) is 7.78. The van der Waals surface area contributed by atoms with Crippen molar-refractivity contribution in [3.8, 4) is 0 Å². The summed E-state index contributed by atoms with van der Waals surface area (Å²) in [4.78, 5) is 11.4. The summed E-state index contributed by atoms with van der Waals surface area (Å²) in [6.07, 6.45) is 12.3. The first-order valence-electron chi connectivity index (χ1n) is 8.91. The maximum Gasteiger partial charge on any atom is 0.303 e. The van der Waals surface area contributed by atoms with Gasteiger partial charge >= 0.3 is 5.97 Å². The SMILES string of the molecule is CC(=O)OC12C=C(F)C(C34CCC(C)(CC3)CC4)(CC1)CC2. The summed E-state index contributed by atoms with van der Waals surface area (Å²) in [6.45, 7) is 3.84. The van der Waals surface area contributed by atoms with Gasteiger partial charge in [-0.2, -0.15) is 0 Å². The molecule has 3 heteroatoms. The molecule has 4 saturated carbocycles. The molecule has 0 spiro atoms. The van der Waals surface area contributed by atoms with Crippen LogP contribution in [0.4, 0.5) is 4.39 Å². The highest BCUT2D eigenvalue weighted by molar-refractivity contribution is 5.67. The molecule has 2 nitrogen and oxygen atoms in total. The smallest absolute Gasteiger partial charge is 0.303 e. The van der Waals surface area contributed by atoms with Crippen LogP contribution in [0.2, 0.25) is 0 Å². The summed E-state index contributed by atoms with van der Waals surface area (Å²) in [7, 11) is 0. The molecule has 6 rings (SSSR count). The van der Waals surface area contributed by atoms with Crippen molar-refractivity contribution < 1.29 is 13.9 Å². The Kier molecular flexibility index (Phi) is 2.92. The Morgan fingerprint density at radius 3 is 2.00 bits per heavy atom. The van der Waals surface area contributed by atoms with E-state index in [2.05, 4.69) is 6.92 Å². The van der Waals surface area contributed by atoms with Crippen LogP contribution in [0.5, 0.6) is 0 Å². The fourth-order valence-corrected chi connectivity index (χ4v) is 6.14. The van der Waals surface area contributed by atoms with Crippen molar-refractivity contribution in [2.75, 3.05) is 0 Å². The second kappa shape index (κ2) is 4.36. The normalized spacial score (nSPS) is 49.9. The first kappa shape index (κ1) is 14.7. The highest BCUT2D eigenvalue weighted by Crippen LogP contribution is 2.71. The number of hydrogen-bond donors (Lipinski definition) is 0. The summed E-state index contributed by atoms with van der Waals surface area (Å²) in [5, 5.41) is 0. The van der Waals surface area contributed by atoms with Crippen LogP contribution < -0.4 is 0 Å². The zero-order chi connectivity index (χ0) is 15.6. The van der Waals surface area contributed by atoms with Crippen LogP contribution in [-0.2, 0) is 9.53 Å². The molecular formula is C19H27FO2. The lowest BCUT2D eigenvalue weighted by Gasteiger charge is -2.64.